The molecule has 0 radical (unpaired) electrons. The largest absolute Gasteiger partial charge is 0.466 e. The van der Waals surface area contributed by atoms with Crippen LogP contribution >= 0.6 is 11.8 Å². The van der Waals surface area contributed by atoms with E-state index in [1.807, 2.05) is 12.1 Å². The second-order valence-corrected chi connectivity index (χ2v) is 11.2. The van der Waals surface area contributed by atoms with Crippen molar-refractivity contribution in [2.24, 2.45) is 5.41 Å². The molecule has 1 aromatic heterocycles. The van der Waals surface area contributed by atoms with Crippen LogP contribution in [0.5, 0.6) is 0 Å². The standard InChI is InChI=1S/C25H36N6O2S/c1-16-21-17(13-32-15-33-21)7-8-19(30(5)6)22(16)34-24-29-20-18(9-10-28-23(20)26)31(24)12-11-27-14-25(2,3)4/h8-10,24,27,29H,11-15H2,1-6H3,(H2,26,28). The molecule has 3 aliphatic rings. The number of likely N-dealkylation sites (N-methyl/N-ethyl adjacent to an activating group) is 1. The van der Waals surface area contributed by atoms with Crippen LogP contribution in [0.1, 0.15) is 27.7 Å². The number of rotatable bonds is 7. The summed E-state index contributed by atoms with van der Waals surface area (Å²) in [5.41, 5.74) is 14.9. The maximum absolute atomic E-state index is 6.25. The SMILES string of the molecule is CC1=C2OCOCC2=C=CC(N(C)C)=C1SC1Nc2c(ccnc2N)N1CCNCC(C)(C)C. The Morgan fingerprint density at radius 2 is 2.18 bits per heavy atom. The van der Waals surface area contributed by atoms with Gasteiger partial charge < -0.3 is 35.6 Å². The molecule has 1 unspecified atom stereocenters. The van der Waals surface area contributed by atoms with E-state index in [0.29, 0.717) is 12.4 Å². The van der Waals surface area contributed by atoms with Crippen LogP contribution in [-0.4, -0.2) is 62.5 Å². The zero-order valence-electron chi connectivity index (χ0n) is 21.0. The monoisotopic (exact) mass is 484 g/mol. The van der Waals surface area contributed by atoms with Gasteiger partial charge in [0.25, 0.3) is 0 Å². The molecule has 1 aromatic rings. The number of ether oxygens (including phenoxy) is 2. The molecule has 4 rings (SSSR count). The highest BCUT2D eigenvalue weighted by atomic mass is 32.2. The lowest BCUT2D eigenvalue weighted by molar-refractivity contribution is -0.0375. The Hall–Kier alpha value is -2.58. The van der Waals surface area contributed by atoms with Crippen molar-refractivity contribution < 1.29 is 9.47 Å². The quantitative estimate of drug-likeness (QED) is 0.396. The zero-order chi connectivity index (χ0) is 24.5. The van der Waals surface area contributed by atoms with Crippen molar-refractivity contribution >= 4 is 29.0 Å². The van der Waals surface area contributed by atoms with Gasteiger partial charge in [0.1, 0.15) is 17.3 Å². The number of anilines is 3. The molecule has 9 heteroatoms. The second-order valence-electron chi connectivity index (χ2n) is 10.1. The van der Waals surface area contributed by atoms with Gasteiger partial charge in [-0.1, -0.05) is 32.5 Å². The molecule has 4 N–H and O–H groups in total. The van der Waals surface area contributed by atoms with Crippen LogP contribution in [0.3, 0.4) is 0 Å². The van der Waals surface area contributed by atoms with Gasteiger partial charge in [-0.05, 0) is 18.4 Å². The van der Waals surface area contributed by atoms with Gasteiger partial charge >= 0.3 is 0 Å². The highest BCUT2D eigenvalue weighted by Gasteiger charge is 2.34. The highest BCUT2D eigenvalue weighted by molar-refractivity contribution is 8.04. The van der Waals surface area contributed by atoms with Crippen molar-refractivity contribution in [2.45, 2.75) is 33.2 Å². The molecule has 0 spiro atoms. The Kier molecular flexibility index (Phi) is 7.19. The normalized spacial score (nSPS) is 19.9. The van der Waals surface area contributed by atoms with Crippen LogP contribution in [0, 0.1) is 5.41 Å². The molecule has 1 saturated heterocycles. The van der Waals surface area contributed by atoms with E-state index < -0.39 is 0 Å². The topological polar surface area (TPSA) is 87.9 Å². The molecule has 3 heterocycles. The number of fused-ring (bicyclic) bond motifs is 2. The molecule has 2 aliphatic heterocycles. The summed E-state index contributed by atoms with van der Waals surface area (Å²) in [7, 11) is 4.10. The molecule has 0 aromatic carbocycles. The van der Waals surface area contributed by atoms with Crippen LogP contribution in [0.15, 0.2) is 51.6 Å². The summed E-state index contributed by atoms with van der Waals surface area (Å²) in [6, 6.07) is 2.03. The lowest BCUT2D eigenvalue weighted by Gasteiger charge is -2.30. The lowest BCUT2D eigenvalue weighted by atomic mass is 9.97. The Morgan fingerprint density at radius 1 is 1.38 bits per heavy atom. The van der Waals surface area contributed by atoms with Crippen molar-refractivity contribution in [1.82, 2.24) is 15.2 Å². The van der Waals surface area contributed by atoms with E-state index in [2.05, 4.69) is 72.9 Å². The highest BCUT2D eigenvalue weighted by Crippen LogP contribution is 2.45. The molecule has 1 fully saturated rings. The molecule has 184 valence electrons. The number of allylic oxidation sites excluding steroid dienone is 2. The number of nitrogens with one attached hydrogen (secondary N) is 2. The summed E-state index contributed by atoms with van der Waals surface area (Å²) in [6.45, 7) is 12.2. The summed E-state index contributed by atoms with van der Waals surface area (Å²) in [5.74, 6) is 1.37. The van der Waals surface area contributed by atoms with Gasteiger partial charge in [-0.15, -0.1) is 5.73 Å². The first kappa shape index (κ1) is 24.5. The Morgan fingerprint density at radius 3 is 2.91 bits per heavy atom. The average Bonchev–Trinajstić information content (AvgIpc) is 3.06. The predicted molar refractivity (Wildman–Crippen MR) is 140 cm³/mol. The molecule has 8 nitrogen and oxygen atoms in total. The van der Waals surface area contributed by atoms with Gasteiger partial charge in [0, 0.05) is 56.5 Å². The summed E-state index contributed by atoms with van der Waals surface area (Å²) in [5, 5.41) is 7.22. The molecule has 0 bridgehead atoms. The fraction of sp³-hybridized carbons (Fsp3) is 0.520. The van der Waals surface area contributed by atoms with Crippen molar-refractivity contribution in [3.63, 3.8) is 0 Å². The van der Waals surface area contributed by atoms with E-state index in [-0.39, 0.29) is 17.7 Å². The van der Waals surface area contributed by atoms with Crippen molar-refractivity contribution in [3.8, 4) is 0 Å². The maximum Gasteiger partial charge on any atom is 0.189 e. The minimum atomic E-state index is -0.0479. The third kappa shape index (κ3) is 5.23. The summed E-state index contributed by atoms with van der Waals surface area (Å²) < 4.78 is 11.4. The van der Waals surface area contributed by atoms with E-state index in [1.54, 1.807) is 18.0 Å². The molecule has 1 aliphatic carbocycles. The molecular weight excluding hydrogens is 448 g/mol. The minimum absolute atomic E-state index is 0.0479. The van der Waals surface area contributed by atoms with Gasteiger partial charge in [0.2, 0.25) is 0 Å². The molecule has 1 atom stereocenters. The van der Waals surface area contributed by atoms with Gasteiger partial charge in [0.15, 0.2) is 12.3 Å². The van der Waals surface area contributed by atoms with Crippen molar-refractivity contribution in [1.29, 1.82) is 0 Å². The average molecular weight is 485 g/mol. The first-order valence-corrected chi connectivity index (χ1v) is 12.5. The van der Waals surface area contributed by atoms with E-state index in [0.717, 1.165) is 58.5 Å². The maximum atomic E-state index is 6.25. The number of pyridine rings is 1. The van der Waals surface area contributed by atoms with Crippen molar-refractivity contribution in [3.05, 3.63) is 51.6 Å². The molecule has 34 heavy (non-hydrogen) atoms. The first-order chi connectivity index (χ1) is 16.2. The Bertz CT molecular complexity index is 1070. The van der Waals surface area contributed by atoms with Crippen LogP contribution in [0.2, 0.25) is 0 Å². The first-order valence-electron chi connectivity index (χ1n) is 11.6. The van der Waals surface area contributed by atoms with E-state index in [1.165, 1.54) is 0 Å². The number of nitrogen functional groups attached to an aromatic ring is 1. The summed E-state index contributed by atoms with van der Waals surface area (Å²) >= 11 is 1.76. The smallest absolute Gasteiger partial charge is 0.189 e. The lowest BCUT2D eigenvalue weighted by Crippen LogP contribution is -2.40. The van der Waals surface area contributed by atoms with Crippen LogP contribution in [0.25, 0.3) is 0 Å². The third-order valence-electron chi connectivity index (χ3n) is 5.82. The molecule has 0 saturated carbocycles. The minimum Gasteiger partial charge on any atom is -0.466 e. The van der Waals surface area contributed by atoms with Crippen LogP contribution < -0.4 is 21.3 Å². The Labute approximate surface area is 206 Å². The van der Waals surface area contributed by atoms with E-state index >= 15 is 0 Å². The number of aromatic nitrogens is 1. The van der Waals surface area contributed by atoms with E-state index in [9.17, 15) is 0 Å². The van der Waals surface area contributed by atoms with Crippen molar-refractivity contribution in [2.75, 3.05) is 63.1 Å². The van der Waals surface area contributed by atoms with Gasteiger partial charge in [-0.3, -0.25) is 0 Å². The van der Waals surface area contributed by atoms with Crippen LogP contribution in [0.4, 0.5) is 17.2 Å². The number of nitrogens with two attached hydrogens (primary N) is 1. The van der Waals surface area contributed by atoms with Crippen LogP contribution in [-0.2, 0) is 9.47 Å². The molecule has 0 amide bonds. The molecular formula is C25H36N6O2S. The van der Waals surface area contributed by atoms with Gasteiger partial charge in [-0.25, -0.2) is 4.98 Å². The van der Waals surface area contributed by atoms with Gasteiger partial charge in [-0.2, -0.15) is 0 Å². The Balaban J connectivity index is 1.63. The van der Waals surface area contributed by atoms with Gasteiger partial charge in [0.05, 0.1) is 23.6 Å². The predicted octanol–water partition coefficient (Wildman–Crippen LogP) is 3.69. The number of thioether (sulfide) groups is 1. The zero-order valence-corrected chi connectivity index (χ0v) is 21.8. The third-order valence-corrected chi connectivity index (χ3v) is 7.17. The second kappa shape index (κ2) is 9.96. The number of hydrogen-bond donors (Lipinski definition) is 3. The summed E-state index contributed by atoms with van der Waals surface area (Å²) in [4.78, 5) is 9.91. The number of hydrogen-bond acceptors (Lipinski definition) is 9. The fourth-order valence-corrected chi connectivity index (χ4v) is 5.50. The summed E-state index contributed by atoms with van der Waals surface area (Å²) in [6.07, 6.45) is 3.80. The number of nitrogens with zero attached hydrogens (tertiary/aromatic N) is 3. The van der Waals surface area contributed by atoms with E-state index in [4.69, 9.17) is 15.2 Å². The fourth-order valence-electron chi connectivity index (χ4n) is 4.12.